The molecule has 1 saturated carbocycles. The maximum absolute atomic E-state index is 13.1. The number of aromatic nitrogens is 1. The van der Waals surface area contributed by atoms with Crippen molar-refractivity contribution >= 4 is 17.3 Å². The van der Waals surface area contributed by atoms with Crippen LogP contribution in [0, 0.1) is 17.3 Å². The first-order valence-corrected chi connectivity index (χ1v) is 13.3. The van der Waals surface area contributed by atoms with Crippen LogP contribution in [-0.4, -0.2) is 35.0 Å². The molecular formula is C30H42N2O4. The fourth-order valence-electron chi connectivity index (χ4n) is 5.76. The van der Waals surface area contributed by atoms with Crippen LogP contribution in [0.3, 0.4) is 0 Å². The van der Waals surface area contributed by atoms with E-state index in [2.05, 4.69) is 51.1 Å². The molecule has 1 heterocycles. The number of unbranched alkanes of at least 4 members (excludes halogenated alkanes) is 1. The predicted octanol–water partition coefficient (Wildman–Crippen LogP) is 6.68. The highest BCUT2D eigenvalue weighted by Gasteiger charge is 2.42. The Morgan fingerprint density at radius 3 is 2.61 bits per heavy atom. The fourth-order valence-corrected chi connectivity index (χ4v) is 5.76. The standard InChI is InChI=1S/C30H42N2O4/c1-8-10-16-36-25-13-11-12-21(27(25)31-7)26(19(3)9-2)23-17-24(33)22(29(34)35)18-32(23)28-20(4)14-15-30(28,5)6/h11-13,17-20,28H,8-10,14-16H2,1-7H3,(H,34,35)/b26-21+,31-27+. The van der Waals surface area contributed by atoms with E-state index in [1.807, 2.05) is 18.2 Å². The second-order valence-corrected chi connectivity index (χ2v) is 10.9. The molecule has 1 aromatic heterocycles. The van der Waals surface area contributed by atoms with Gasteiger partial charge in [0, 0.05) is 36.6 Å². The van der Waals surface area contributed by atoms with E-state index in [0.29, 0.717) is 12.5 Å². The second kappa shape index (κ2) is 11.4. The van der Waals surface area contributed by atoms with Gasteiger partial charge in [0.25, 0.3) is 0 Å². The smallest absolute Gasteiger partial charge is 0.341 e. The lowest BCUT2D eigenvalue weighted by Crippen LogP contribution is -2.31. The Labute approximate surface area is 215 Å². The van der Waals surface area contributed by atoms with E-state index in [4.69, 9.17) is 4.74 Å². The summed E-state index contributed by atoms with van der Waals surface area (Å²) >= 11 is 0. The number of aromatic carboxylic acids is 1. The lowest BCUT2D eigenvalue weighted by atomic mass is 9.82. The normalized spacial score (nSPS) is 24.5. The lowest BCUT2D eigenvalue weighted by molar-refractivity contribution is 0.0693. The SMILES string of the molecule is CCCCOC1=CC=CC(=C(\c2cc(=O)c(C(=O)O)cn2C2C(C)CCC2(C)C)C(C)CC)/C1=N\C. The summed E-state index contributed by atoms with van der Waals surface area (Å²) in [7, 11) is 1.77. The summed E-state index contributed by atoms with van der Waals surface area (Å²) in [4.78, 5) is 29.7. The molecule has 1 aromatic rings. The second-order valence-electron chi connectivity index (χ2n) is 10.9. The van der Waals surface area contributed by atoms with Gasteiger partial charge in [0.05, 0.1) is 6.61 Å². The molecule has 3 unspecified atom stereocenters. The van der Waals surface area contributed by atoms with Gasteiger partial charge in [-0.1, -0.05) is 60.1 Å². The Morgan fingerprint density at radius 1 is 1.33 bits per heavy atom. The topological polar surface area (TPSA) is 80.9 Å². The Morgan fingerprint density at radius 2 is 2.06 bits per heavy atom. The van der Waals surface area contributed by atoms with Gasteiger partial charge in [-0.25, -0.2) is 4.79 Å². The molecule has 0 aliphatic heterocycles. The minimum atomic E-state index is -1.19. The van der Waals surface area contributed by atoms with Gasteiger partial charge in [-0.3, -0.25) is 9.79 Å². The van der Waals surface area contributed by atoms with Crippen LogP contribution < -0.4 is 5.43 Å². The molecule has 0 amide bonds. The molecule has 0 radical (unpaired) electrons. The molecule has 1 N–H and O–H groups in total. The van der Waals surface area contributed by atoms with Crippen molar-refractivity contribution < 1.29 is 14.6 Å². The van der Waals surface area contributed by atoms with Crippen LogP contribution in [-0.2, 0) is 4.74 Å². The monoisotopic (exact) mass is 494 g/mol. The highest BCUT2D eigenvalue weighted by Crippen LogP contribution is 2.50. The van der Waals surface area contributed by atoms with Crippen LogP contribution in [0.25, 0.3) is 5.57 Å². The van der Waals surface area contributed by atoms with Crippen LogP contribution in [0.4, 0.5) is 0 Å². The van der Waals surface area contributed by atoms with Gasteiger partial charge in [-0.05, 0) is 54.6 Å². The number of nitrogens with zero attached hydrogens (tertiary/aromatic N) is 2. The van der Waals surface area contributed by atoms with E-state index in [1.165, 1.54) is 6.07 Å². The van der Waals surface area contributed by atoms with Gasteiger partial charge in [0.15, 0.2) is 5.43 Å². The van der Waals surface area contributed by atoms with Gasteiger partial charge in [0.1, 0.15) is 17.0 Å². The average molecular weight is 495 g/mol. The summed E-state index contributed by atoms with van der Waals surface area (Å²) in [5, 5.41) is 9.80. The number of pyridine rings is 1. The van der Waals surface area contributed by atoms with Crippen molar-refractivity contribution in [3.63, 3.8) is 0 Å². The molecule has 6 heteroatoms. The first-order valence-electron chi connectivity index (χ1n) is 13.3. The Kier molecular flexibility index (Phi) is 8.80. The molecule has 1 fully saturated rings. The van der Waals surface area contributed by atoms with Crippen molar-refractivity contribution in [2.45, 2.75) is 79.7 Å². The van der Waals surface area contributed by atoms with Gasteiger partial charge in [-0.15, -0.1) is 0 Å². The highest BCUT2D eigenvalue weighted by atomic mass is 16.5. The minimum Gasteiger partial charge on any atom is -0.491 e. The average Bonchev–Trinajstić information content (AvgIpc) is 3.11. The summed E-state index contributed by atoms with van der Waals surface area (Å²) in [6, 6.07) is 1.60. The third kappa shape index (κ3) is 5.42. The summed E-state index contributed by atoms with van der Waals surface area (Å²) in [5.41, 5.74) is 2.79. The zero-order valence-corrected chi connectivity index (χ0v) is 22.9. The molecule has 3 rings (SSSR count). The number of aliphatic imine (C=N–C) groups is 1. The number of carboxylic acid groups (broad SMARTS) is 1. The molecule has 2 aliphatic carbocycles. The molecular weight excluding hydrogens is 452 g/mol. The van der Waals surface area contributed by atoms with Crippen molar-refractivity contribution in [2.24, 2.45) is 22.2 Å². The zero-order valence-electron chi connectivity index (χ0n) is 22.9. The quantitative estimate of drug-likeness (QED) is 0.388. The lowest BCUT2D eigenvalue weighted by Gasteiger charge is -2.36. The van der Waals surface area contributed by atoms with Crippen LogP contribution in [0.5, 0.6) is 0 Å². The van der Waals surface area contributed by atoms with Crippen molar-refractivity contribution in [3.8, 4) is 0 Å². The number of carbonyl (C=O) groups is 1. The maximum atomic E-state index is 13.1. The zero-order chi connectivity index (χ0) is 26.6. The largest absolute Gasteiger partial charge is 0.491 e. The molecule has 0 saturated heterocycles. The van der Waals surface area contributed by atoms with Crippen LogP contribution in [0.1, 0.15) is 95.7 Å². The third-order valence-electron chi connectivity index (χ3n) is 7.84. The van der Waals surface area contributed by atoms with E-state index in [9.17, 15) is 14.7 Å². The molecule has 0 aromatic carbocycles. The first kappa shape index (κ1) is 27.7. The highest BCUT2D eigenvalue weighted by molar-refractivity contribution is 6.18. The van der Waals surface area contributed by atoms with Crippen molar-refractivity contribution in [1.82, 2.24) is 4.57 Å². The van der Waals surface area contributed by atoms with E-state index in [-0.39, 0.29) is 22.9 Å². The Balaban J connectivity index is 2.33. The molecule has 6 nitrogen and oxygen atoms in total. The summed E-state index contributed by atoms with van der Waals surface area (Å²) in [6.07, 6.45) is 12.5. The minimum absolute atomic E-state index is 0.0390. The first-order chi connectivity index (χ1) is 17.1. The fraction of sp³-hybridized carbons (Fsp3) is 0.567. The number of hydrogen-bond donors (Lipinski definition) is 1. The third-order valence-corrected chi connectivity index (χ3v) is 7.84. The van der Waals surface area contributed by atoms with Gasteiger partial charge < -0.3 is 14.4 Å². The van der Waals surface area contributed by atoms with E-state index < -0.39 is 11.4 Å². The Hall–Kier alpha value is -2.89. The Bertz CT molecular complexity index is 1170. The van der Waals surface area contributed by atoms with Crippen LogP contribution in [0.15, 0.2) is 51.6 Å². The van der Waals surface area contributed by atoms with E-state index >= 15 is 0 Å². The van der Waals surface area contributed by atoms with E-state index in [1.54, 1.807) is 13.2 Å². The number of ether oxygens (including phenoxy) is 1. The summed E-state index contributed by atoms with van der Waals surface area (Å²) in [6.45, 7) is 13.7. The van der Waals surface area contributed by atoms with Gasteiger partial charge in [0.2, 0.25) is 0 Å². The molecule has 196 valence electrons. The van der Waals surface area contributed by atoms with Crippen LogP contribution >= 0.6 is 0 Å². The number of hydrogen-bond acceptors (Lipinski definition) is 4. The predicted molar refractivity (Wildman–Crippen MR) is 147 cm³/mol. The maximum Gasteiger partial charge on any atom is 0.341 e. The van der Waals surface area contributed by atoms with Crippen molar-refractivity contribution in [1.29, 1.82) is 0 Å². The van der Waals surface area contributed by atoms with Crippen LogP contribution in [0.2, 0.25) is 0 Å². The van der Waals surface area contributed by atoms with Gasteiger partial charge >= 0.3 is 5.97 Å². The molecule has 0 bridgehead atoms. The summed E-state index contributed by atoms with van der Waals surface area (Å²) < 4.78 is 8.20. The molecule has 0 spiro atoms. The van der Waals surface area contributed by atoms with E-state index in [0.717, 1.165) is 60.4 Å². The van der Waals surface area contributed by atoms with Crippen molar-refractivity contribution in [3.05, 3.63) is 63.3 Å². The number of carboxylic acids is 1. The molecule has 3 atom stereocenters. The summed E-state index contributed by atoms with van der Waals surface area (Å²) in [5.74, 6) is -0.00282. The molecule has 2 aliphatic rings. The number of allylic oxidation sites excluding steroid dienone is 5. The van der Waals surface area contributed by atoms with Gasteiger partial charge in [-0.2, -0.15) is 0 Å². The van der Waals surface area contributed by atoms with Crippen molar-refractivity contribution in [2.75, 3.05) is 13.7 Å². The number of rotatable bonds is 9. The molecule has 36 heavy (non-hydrogen) atoms.